The minimum Gasteiger partial charge on any atom is -0.394 e. The molecule has 0 radical (unpaired) electrons. The van der Waals surface area contributed by atoms with Crippen molar-refractivity contribution in [3.8, 4) is 0 Å². The van der Waals surface area contributed by atoms with E-state index in [0.29, 0.717) is 13.1 Å². The van der Waals surface area contributed by atoms with Crippen LogP contribution >= 0.6 is 0 Å². The third-order valence-corrected chi connectivity index (χ3v) is 4.69. The second kappa shape index (κ2) is 7.93. The van der Waals surface area contributed by atoms with Crippen LogP contribution in [0.25, 0.3) is 0 Å². The van der Waals surface area contributed by atoms with Gasteiger partial charge in [-0.15, -0.1) is 0 Å². The lowest BCUT2D eigenvalue weighted by Gasteiger charge is -2.27. The second-order valence-corrected chi connectivity index (χ2v) is 6.73. The van der Waals surface area contributed by atoms with Crippen molar-refractivity contribution in [1.82, 2.24) is 20.0 Å². The maximum atomic E-state index is 12.7. The molecule has 1 saturated heterocycles. The van der Waals surface area contributed by atoms with Gasteiger partial charge in [0.2, 0.25) is 5.91 Å². The fourth-order valence-corrected chi connectivity index (χ4v) is 3.26. The largest absolute Gasteiger partial charge is 0.394 e. The van der Waals surface area contributed by atoms with Crippen molar-refractivity contribution in [3.63, 3.8) is 0 Å². The third-order valence-electron chi connectivity index (χ3n) is 4.69. The van der Waals surface area contributed by atoms with Gasteiger partial charge in [0.25, 0.3) is 0 Å². The summed E-state index contributed by atoms with van der Waals surface area (Å²) >= 11 is 0. The van der Waals surface area contributed by atoms with E-state index in [4.69, 9.17) is 5.11 Å². The SMILES string of the molecule is Cc1nn(CCO)c(C)c1CN[C@H](C(=O)N1CCCC1)C(C)C. The number of aliphatic hydroxyl groups excluding tert-OH is 1. The lowest BCUT2D eigenvalue weighted by atomic mass is 10.0. The third kappa shape index (κ3) is 4.12. The van der Waals surface area contributed by atoms with E-state index in [1.807, 2.05) is 23.4 Å². The Morgan fingerprint density at radius 1 is 1.30 bits per heavy atom. The van der Waals surface area contributed by atoms with Crippen molar-refractivity contribution in [3.05, 3.63) is 17.0 Å². The van der Waals surface area contributed by atoms with Gasteiger partial charge in [0.05, 0.1) is 24.9 Å². The van der Waals surface area contributed by atoms with Crippen LogP contribution in [-0.2, 0) is 17.9 Å². The first kappa shape index (κ1) is 17.9. The highest BCUT2D eigenvalue weighted by Gasteiger charge is 2.28. The molecule has 6 nitrogen and oxygen atoms in total. The van der Waals surface area contributed by atoms with E-state index in [2.05, 4.69) is 24.3 Å². The first-order valence-electron chi connectivity index (χ1n) is 8.61. The molecule has 0 unspecified atom stereocenters. The molecular weight excluding hydrogens is 292 g/mol. The fourth-order valence-electron chi connectivity index (χ4n) is 3.26. The van der Waals surface area contributed by atoms with Gasteiger partial charge in [-0.05, 0) is 32.6 Å². The molecule has 0 aromatic carbocycles. The van der Waals surface area contributed by atoms with Gasteiger partial charge in [-0.25, -0.2) is 0 Å². The predicted molar refractivity (Wildman–Crippen MR) is 90.1 cm³/mol. The molecule has 1 aromatic rings. The van der Waals surface area contributed by atoms with Crippen LogP contribution < -0.4 is 5.32 Å². The molecule has 1 aromatic heterocycles. The summed E-state index contributed by atoms with van der Waals surface area (Å²) < 4.78 is 1.83. The number of aryl methyl sites for hydroxylation is 1. The Hall–Kier alpha value is -1.40. The van der Waals surface area contributed by atoms with Gasteiger partial charge in [0.1, 0.15) is 0 Å². The summed E-state index contributed by atoms with van der Waals surface area (Å²) in [6, 6.07) is -0.159. The number of carbonyl (C=O) groups excluding carboxylic acids is 1. The van der Waals surface area contributed by atoms with Crippen molar-refractivity contribution < 1.29 is 9.90 Å². The summed E-state index contributed by atoms with van der Waals surface area (Å²) in [5, 5.41) is 17.0. The number of hydrogen-bond acceptors (Lipinski definition) is 4. The maximum Gasteiger partial charge on any atom is 0.239 e. The molecule has 1 amide bonds. The molecule has 0 saturated carbocycles. The Balaban J connectivity index is 2.05. The number of amides is 1. The number of nitrogens with one attached hydrogen (secondary N) is 1. The van der Waals surface area contributed by atoms with Crippen LogP contribution in [0, 0.1) is 19.8 Å². The van der Waals surface area contributed by atoms with E-state index in [-0.39, 0.29) is 24.5 Å². The summed E-state index contributed by atoms with van der Waals surface area (Å²) in [5.41, 5.74) is 3.14. The van der Waals surface area contributed by atoms with Crippen LogP contribution in [0.15, 0.2) is 0 Å². The summed E-state index contributed by atoms with van der Waals surface area (Å²) in [7, 11) is 0. The minimum absolute atomic E-state index is 0.0803. The van der Waals surface area contributed by atoms with Crippen LogP contribution in [0.2, 0.25) is 0 Å². The van der Waals surface area contributed by atoms with E-state index in [0.717, 1.165) is 42.9 Å². The monoisotopic (exact) mass is 322 g/mol. The molecule has 1 atom stereocenters. The number of hydrogen-bond donors (Lipinski definition) is 2. The Labute approximate surface area is 138 Å². The lowest BCUT2D eigenvalue weighted by Crippen LogP contribution is -2.48. The fraction of sp³-hybridized carbons (Fsp3) is 0.765. The molecule has 0 aliphatic carbocycles. The van der Waals surface area contributed by atoms with Gasteiger partial charge < -0.3 is 15.3 Å². The van der Waals surface area contributed by atoms with Crippen molar-refractivity contribution in [2.75, 3.05) is 19.7 Å². The average molecular weight is 322 g/mol. The molecule has 6 heteroatoms. The van der Waals surface area contributed by atoms with E-state index in [1.54, 1.807) is 0 Å². The molecular formula is C17H30N4O2. The van der Waals surface area contributed by atoms with Gasteiger partial charge in [-0.3, -0.25) is 9.48 Å². The van der Waals surface area contributed by atoms with Crippen LogP contribution in [-0.4, -0.2) is 51.4 Å². The Kier molecular flexibility index (Phi) is 6.18. The maximum absolute atomic E-state index is 12.7. The first-order valence-corrected chi connectivity index (χ1v) is 8.61. The molecule has 1 fully saturated rings. The molecule has 0 bridgehead atoms. The molecule has 2 rings (SSSR count). The molecule has 23 heavy (non-hydrogen) atoms. The van der Waals surface area contributed by atoms with Crippen molar-refractivity contribution in [2.24, 2.45) is 5.92 Å². The predicted octanol–water partition coefficient (Wildman–Crippen LogP) is 1.23. The molecule has 2 heterocycles. The van der Waals surface area contributed by atoms with Crippen LogP contribution in [0.1, 0.15) is 43.6 Å². The van der Waals surface area contributed by atoms with Crippen molar-refractivity contribution in [1.29, 1.82) is 0 Å². The zero-order valence-electron chi connectivity index (χ0n) is 14.8. The van der Waals surface area contributed by atoms with Gasteiger partial charge >= 0.3 is 0 Å². The molecule has 1 aliphatic heterocycles. The normalized spacial score (nSPS) is 16.3. The summed E-state index contributed by atoms with van der Waals surface area (Å²) in [6.07, 6.45) is 2.23. The van der Waals surface area contributed by atoms with Crippen molar-refractivity contribution in [2.45, 2.75) is 59.7 Å². The summed E-state index contributed by atoms with van der Waals surface area (Å²) in [5.74, 6) is 0.465. The average Bonchev–Trinajstić information content (AvgIpc) is 3.11. The molecule has 130 valence electrons. The number of aromatic nitrogens is 2. The smallest absolute Gasteiger partial charge is 0.239 e. The molecule has 1 aliphatic rings. The second-order valence-electron chi connectivity index (χ2n) is 6.73. The van der Waals surface area contributed by atoms with E-state index in [1.165, 1.54) is 0 Å². The van der Waals surface area contributed by atoms with E-state index >= 15 is 0 Å². The van der Waals surface area contributed by atoms with E-state index in [9.17, 15) is 4.79 Å². The summed E-state index contributed by atoms with van der Waals surface area (Å²) in [4.78, 5) is 14.7. The van der Waals surface area contributed by atoms with Gasteiger partial charge in [0, 0.05) is 30.9 Å². The summed E-state index contributed by atoms with van der Waals surface area (Å²) in [6.45, 7) is 11.1. The van der Waals surface area contributed by atoms with Crippen LogP contribution in [0.5, 0.6) is 0 Å². The van der Waals surface area contributed by atoms with E-state index < -0.39 is 0 Å². The van der Waals surface area contributed by atoms with Gasteiger partial charge in [-0.1, -0.05) is 13.8 Å². The van der Waals surface area contributed by atoms with Crippen molar-refractivity contribution >= 4 is 5.91 Å². The van der Waals surface area contributed by atoms with Gasteiger partial charge in [0.15, 0.2) is 0 Å². The molecule has 0 spiro atoms. The highest BCUT2D eigenvalue weighted by molar-refractivity contribution is 5.82. The van der Waals surface area contributed by atoms with Gasteiger partial charge in [-0.2, -0.15) is 5.10 Å². The zero-order valence-corrected chi connectivity index (χ0v) is 14.8. The Morgan fingerprint density at radius 3 is 2.52 bits per heavy atom. The first-order chi connectivity index (χ1) is 11.0. The van der Waals surface area contributed by atoms with Crippen LogP contribution in [0.3, 0.4) is 0 Å². The Morgan fingerprint density at radius 2 is 1.96 bits per heavy atom. The standard InChI is InChI=1S/C17H30N4O2/c1-12(2)16(17(23)20-7-5-6-8-20)18-11-15-13(3)19-21(9-10-22)14(15)4/h12,16,18,22H,5-11H2,1-4H3/t16-/m0/s1. The number of carbonyl (C=O) groups is 1. The number of likely N-dealkylation sites (tertiary alicyclic amines) is 1. The quantitative estimate of drug-likeness (QED) is 0.792. The Bertz CT molecular complexity index is 533. The number of aliphatic hydroxyl groups is 1. The molecule has 2 N–H and O–H groups in total. The zero-order chi connectivity index (χ0) is 17.0. The topological polar surface area (TPSA) is 70.4 Å². The minimum atomic E-state index is -0.159. The van der Waals surface area contributed by atoms with Crippen LogP contribution in [0.4, 0.5) is 0 Å². The highest BCUT2D eigenvalue weighted by atomic mass is 16.3. The highest BCUT2D eigenvalue weighted by Crippen LogP contribution is 2.16. The number of nitrogens with zero attached hydrogens (tertiary/aromatic N) is 3. The lowest BCUT2D eigenvalue weighted by molar-refractivity contribution is -0.133. The number of rotatable bonds is 7.